The lowest BCUT2D eigenvalue weighted by Gasteiger charge is -2.17. The Morgan fingerprint density at radius 3 is 2.26 bits per heavy atom. The molecule has 106 valence electrons. The summed E-state index contributed by atoms with van der Waals surface area (Å²) in [5, 5.41) is 10.0. The first kappa shape index (κ1) is 14.2. The van der Waals surface area contributed by atoms with E-state index in [1.807, 2.05) is 0 Å². The van der Waals surface area contributed by atoms with Crippen LogP contribution in [0.25, 0.3) is 0 Å². The molecule has 1 fully saturated rings. The second-order valence-electron chi connectivity index (χ2n) is 5.01. The summed E-state index contributed by atoms with van der Waals surface area (Å²) in [5.74, 6) is 0.0951. The van der Waals surface area contributed by atoms with E-state index in [0.29, 0.717) is 12.3 Å². The highest BCUT2D eigenvalue weighted by molar-refractivity contribution is 5.27. The highest BCUT2D eigenvalue weighted by Crippen LogP contribution is 2.29. The average molecular weight is 274 g/mol. The number of ether oxygens (including phenoxy) is 1. The summed E-state index contributed by atoms with van der Waals surface area (Å²) in [6, 6.07) is 5.70. The number of benzene rings is 1. The summed E-state index contributed by atoms with van der Waals surface area (Å²) >= 11 is 0. The fourth-order valence-electron chi connectivity index (χ4n) is 2.58. The molecule has 1 saturated carbocycles. The number of hydrogen-bond donors (Lipinski definition) is 1. The van der Waals surface area contributed by atoms with E-state index in [2.05, 4.69) is 4.74 Å². The Kier molecular flexibility index (Phi) is 4.34. The third kappa shape index (κ3) is 4.42. The Bertz CT molecular complexity index is 394. The Morgan fingerprint density at radius 2 is 1.74 bits per heavy atom. The monoisotopic (exact) mass is 274 g/mol. The molecule has 0 bridgehead atoms. The number of aliphatic hydroxyl groups excluding tert-OH is 1. The van der Waals surface area contributed by atoms with Crippen LogP contribution in [0.1, 0.15) is 31.2 Å². The van der Waals surface area contributed by atoms with E-state index in [0.717, 1.165) is 31.2 Å². The van der Waals surface area contributed by atoms with Crippen molar-refractivity contribution < 1.29 is 23.0 Å². The first-order valence-electron chi connectivity index (χ1n) is 6.47. The average Bonchev–Trinajstić information content (AvgIpc) is 2.83. The van der Waals surface area contributed by atoms with Crippen LogP contribution in [-0.2, 0) is 6.42 Å². The van der Waals surface area contributed by atoms with Gasteiger partial charge in [-0.3, -0.25) is 0 Å². The molecule has 0 amide bonds. The first-order valence-corrected chi connectivity index (χ1v) is 6.47. The van der Waals surface area contributed by atoms with Crippen molar-refractivity contribution in [1.82, 2.24) is 0 Å². The van der Waals surface area contributed by atoms with Gasteiger partial charge in [0.2, 0.25) is 0 Å². The van der Waals surface area contributed by atoms with Crippen LogP contribution < -0.4 is 4.74 Å². The standard InChI is InChI=1S/C14H17F3O2/c15-14(16,17)19-12-7-5-10(6-8-12)9-13(18)11-3-1-2-4-11/h5-8,11,13,18H,1-4,9H2. The molecule has 0 aromatic heterocycles. The molecule has 0 aliphatic heterocycles. The van der Waals surface area contributed by atoms with Crippen molar-refractivity contribution in [3.63, 3.8) is 0 Å². The molecule has 19 heavy (non-hydrogen) atoms. The number of aliphatic hydroxyl groups is 1. The van der Waals surface area contributed by atoms with Gasteiger partial charge in [0.15, 0.2) is 0 Å². The van der Waals surface area contributed by atoms with Crippen molar-refractivity contribution >= 4 is 0 Å². The van der Waals surface area contributed by atoms with Crippen LogP contribution in [-0.4, -0.2) is 17.6 Å². The molecule has 0 heterocycles. The van der Waals surface area contributed by atoms with Crippen LogP contribution >= 0.6 is 0 Å². The summed E-state index contributed by atoms with van der Waals surface area (Å²) in [4.78, 5) is 0. The second-order valence-corrected chi connectivity index (χ2v) is 5.01. The molecule has 1 aliphatic rings. The Labute approximate surface area is 110 Å². The van der Waals surface area contributed by atoms with Gasteiger partial charge in [-0.15, -0.1) is 13.2 Å². The zero-order valence-electron chi connectivity index (χ0n) is 10.5. The van der Waals surface area contributed by atoms with Gasteiger partial charge in [-0.25, -0.2) is 0 Å². The van der Waals surface area contributed by atoms with Gasteiger partial charge in [0.1, 0.15) is 5.75 Å². The summed E-state index contributed by atoms with van der Waals surface area (Å²) in [7, 11) is 0. The molecular formula is C14H17F3O2. The summed E-state index contributed by atoms with van der Waals surface area (Å²) < 4.78 is 39.8. The van der Waals surface area contributed by atoms with Gasteiger partial charge in [0, 0.05) is 0 Å². The SMILES string of the molecule is OC(Cc1ccc(OC(F)(F)F)cc1)C1CCCC1. The second kappa shape index (κ2) is 5.82. The third-order valence-corrected chi connectivity index (χ3v) is 3.55. The van der Waals surface area contributed by atoms with Crippen LogP contribution in [0.2, 0.25) is 0 Å². The minimum Gasteiger partial charge on any atom is -0.406 e. The minimum absolute atomic E-state index is 0.230. The number of halogens is 3. The zero-order valence-corrected chi connectivity index (χ0v) is 10.5. The Hall–Kier alpha value is -1.23. The lowest BCUT2D eigenvalue weighted by atomic mass is 9.95. The molecule has 5 heteroatoms. The summed E-state index contributed by atoms with van der Waals surface area (Å²) in [5.41, 5.74) is 0.828. The Balaban J connectivity index is 1.91. The van der Waals surface area contributed by atoms with E-state index in [4.69, 9.17) is 0 Å². The molecule has 1 aliphatic carbocycles. The van der Waals surface area contributed by atoms with Crippen molar-refractivity contribution in [2.45, 2.75) is 44.6 Å². The summed E-state index contributed by atoms with van der Waals surface area (Å²) in [6.45, 7) is 0. The van der Waals surface area contributed by atoms with Crippen molar-refractivity contribution in [3.8, 4) is 5.75 Å². The molecule has 0 saturated heterocycles. The van der Waals surface area contributed by atoms with E-state index in [1.165, 1.54) is 12.1 Å². The molecule has 1 unspecified atom stereocenters. The highest BCUT2D eigenvalue weighted by atomic mass is 19.4. The molecule has 1 atom stereocenters. The van der Waals surface area contributed by atoms with Crippen LogP contribution in [0.4, 0.5) is 13.2 Å². The van der Waals surface area contributed by atoms with Gasteiger partial charge in [-0.05, 0) is 42.9 Å². The first-order chi connectivity index (χ1) is 8.94. The maximum Gasteiger partial charge on any atom is 0.573 e. The number of alkyl halides is 3. The minimum atomic E-state index is -4.66. The van der Waals surface area contributed by atoms with Gasteiger partial charge in [-0.2, -0.15) is 0 Å². The van der Waals surface area contributed by atoms with Gasteiger partial charge < -0.3 is 9.84 Å². The van der Waals surface area contributed by atoms with Crippen molar-refractivity contribution in [2.75, 3.05) is 0 Å². The molecular weight excluding hydrogens is 257 g/mol. The fourth-order valence-corrected chi connectivity index (χ4v) is 2.58. The lowest BCUT2D eigenvalue weighted by Crippen LogP contribution is -2.20. The molecule has 1 aromatic carbocycles. The van der Waals surface area contributed by atoms with Gasteiger partial charge in [0.25, 0.3) is 0 Å². The fraction of sp³-hybridized carbons (Fsp3) is 0.571. The maximum atomic E-state index is 12.0. The topological polar surface area (TPSA) is 29.5 Å². The highest BCUT2D eigenvalue weighted by Gasteiger charge is 2.31. The van der Waals surface area contributed by atoms with Gasteiger partial charge in [0.05, 0.1) is 6.10 Å². The van der Waals surface area contributed by atoms with Crippen LogP contribution in [0.15, 0.2) is 24.3 Å². The van der Waals surface area contributed by atoms with Crippen LogP contribution in [0.5, 0.6) is 5.75 Å². The molecule has 1 N–H and O–H groups in total. The number of rotatable bonds is 4. The van der Waals surface area contributed by atoms with E-state index in [9.17, 15) is 18.3 Å². The Morgan fingerprint density at radius 1 is 1.16 bits per heavy atom. The largest absolute Gasteiger partial charge is 0.573 e. The molecule has 0 radical (unpaired) electrons. The quantitative estimate of drug-likeness (QED) is 0.907. The maximum absolute atomic E-state index is 12.0. The lowest BCUT2D eigenvalue weighted by molar-refractivity contribution is -0.274. The predicted octanol–water partition coefficient (Wildman–Crippen LogP) is 3.68. The van der Waals surface area contributed by atoms with E-state index < -0.39 is 12.5 Å². The predicted molar refractivity (Wildman–Crippen MR) is 64.8 cm³/mol. The normalized spacial score (nSPS) is 18.5. The molecule has 0 spiro atoms. The third-order valence-electron chi connectivity index (χ3n) is 3.55. The van der Waals surface area contributed by atoms with Gasteiger partial charge in [-0.1, -0.05) is 25.0 Å². The molecule has 1 aromatic rings. The summed E-state index contributed by atoms with van der Waals surface area (Å²) in [6.07, 6.45) is -0.202. The molecule has 2 nitrogen and oxygen atoms in total. The van der Waals surface area contributed by atoms with E-state index >= 15 is 0 Å². The van der Waals surface area contributed by atoms with E-state index in [-0.39, 0.29) is 5.75 Å². The van der Waals surface area contributed by atoms with Crippen LogP contribution in [0, 0.1) is 5.92 Å². The zero-order chi connectivity index (χ0) is 13.9. The van der Waals surface area contributed by atoms with Crippen molar-refractivity contribution in [1.29, 1.82) is 0 Å². The van der Waals surface area contributed by atoms with Gasteiger partial charge >= 0.3 is 6.36 Å². The number of hydrogen-bond acceptors (Lipinski definition) is 2. The smallest absolute Gasteiger partial charge is 0.406 e. The van der Waals surface area contributed by atoms with Crippen molar-refractivity contribution in [3.05, 3.63) is 29.8 Å². The molecule has 2 rings (SSSR count). The van der Waals surface area contributed by atoms with Crippen LogP contribution in [0.3, 0.4) is 0 Å². The van der Waals surface area contributed by atoms with Crippen molar-refractivity contribution in [2.24, 2.45) is 5.92 Å². The van der Waals surface area contributed by atoms with E-state index in [1.54, 1.807) is 12.1 Å².